The summed E-state index contributed by atoms with van der Waals surface area (Å²) in [6, 6.07) is 5.34. The number of halogens is 5. The second-order valence-electron chi connectivity index (χ2n) is 2.87. The Morgan fingerprint density at radius 2 is 1.41 bits per heavy atom. The van der Waals surface area contributed by atoms with Gasteiger partial charge in [0.25, 0.3) is 0 Å². The zero-order valence-electron chi connectivity index (χ0n) is 7.91. The summed E-state index contributed by atoms with van der Waals surface area (Å²) >= 11 is 0. The lowest BCUT2D eigenvalue weighted by Crippen LogP contribution is -2.40. The third-order valence-electron chi connectivity index (χ3n) is 1.58. The van der Waals surface area contributed by atoms with Crippen molar-refractivity contribution in [3.8, 4) is 0 Å². The van der Waals surface area contributed by atoms with Gasteiger partial charge in [-0.1, -0.05) is 18.2 Å². The van der Waals surface area contributed by atoms with Gasteiger partial charge >= 0.3 is 22.4 Å². The van der Waals surface area contributed by atoms with E-state index in [0.29, 0.717) is 0 Å². The van der Waals surface area contributed by atoms with Gasteiger partial charge in [-0.2, -0.15) is 34.6 Å². The van der Waals surface area contributed by atoms with Gasteiger partial charge in [0.2, 0.25) is 0 Å². The number of rotatable bonds is 3. The summed E-state index contributed by atoms with van der Waals surface area (Å²) in [6.45, 7) is 0. The van der Waals surface area contributed by atoms with Gasteiger partial charge in [0.05, 0.1) is 4.90 Å². The Labute approximate surface area is 92.9 Å². The molecule has 9 heteroatoms. The molecule has 0 saturated carbocycles. The fourth-order valence-corrected chi connectivity index (χ4v) is 1.78. The SMILES string of the molecule is O=S(=O)(OC(F)(F)C(F)(F)F)c1ccccc1. The first-order valence-corrected chi connectivity index (χ1v) is 5.42. The highest BCUT2D eigenvalue weighted by Crippen LogP contribution is 2.38. The number of alkyl halides is 5. The minimum absolute atomic E-state index is 0.788. The smallest absolute Gasteiger partial charge is 0.194 e. The largest absolute Gasteiger partial charge is 0.484 e. The van der Waals surface area contributed by atoms with Crippen LogP contribution in [0.4, 0.5) is 22.0 Å². The summed E-state index contributed by atoms with van der Waals surface area (Å²) in [5.74, 6) is 0. The molecule has 0 aliphatic carbocycles. The molecule has 0 saturated heterocycles. The van der Waals surface area contributed by atoms with Gasteiger partial charge in [-0.05, 0) is 12.1 Å². The molecule has 3 nitrogen and oxygen atoms in total. The van der Waals surface area contributed by atoms with E-state index in [2.05, 4.69) is 4.18 Å². The van der Waals surface area contributed by atoms with Crippen LogP contribution in [-0.4, -0.2) is 20.7 Å². The van der Waals surface area contributed by atoms with Crippen molar-refractivity contribution in [2.24, 2.45) is 0 Å². The Bertz CT molecular complexity index is 480. The van der Waals surface area contributed by atoms with Crippen molar-refractivity contribution in [2.75, 3.05) is 0 Å². The van der Waals surface area contributed by atoms with Crippen LogP contribution in [-0.2, 0) is 14.3 Å². The number of benzene rings is 1. The Balaban J connectivity index is 3.04. The first kappa shape index (κ1) is 13.8. The lowest BCUT2D eigenvalue weighted by Gasteiger charge is -2.18. The maximum absolute atomic E-state index is 12.4. The van der Waals surface area contributed by atoms with E-state index in [1.54, 1.807) is 0 Å². The van der Waals surface area contributed by atoms with E-state index >= 15 is 0 Å². The van der Waals surface area contributed by atoms with E-state index in [1.165, 1.54) is 6.07 Å². The van der Waals surface area contributed by atoms with Crippen LogP contribution in [0, 0.1) is 0 Å². The molecular weight excluding hydrogens is 271 g/mol. The molecule has 0 aliphatic rings. The molecule has 96 valence electrons. The van der Waals surface area contributed by atoms with E-state index in [9.17, 15) is 30.4 Å². The van der Waals surface area contributed by atoms with Gasteiger partial charge in [-0.25, -0.2) is 0 Å². The van der Waals surface area contributed by atoms with Gasteiger partial charge in [0.1, 0.15) is 0 Å². The number of hydrogen-bond acceptors (Lipinski definition) is 3. The van der Waals surface area contributed by atoms with Gasteiger partial charge in [-0.15, -0.1) is 0 Å². The predicted octanol–water partition coefficient (Wildman–Crippen LogP) is 2.55. The van der Waals surface area contributed by atoms with Crippen LogP contribution < -0.4 is 0 Å². The van der Waals surface area contributed by atoms with Crippen molar-refractivity contribution >= 4 is 10.1 Å². The van der Waals surface area contributed by atoms with E-state index in [1.807, 2.05) is 0 Å². The Morgan fingerprint density at radius 3 is 1.82 bits per heavy atom. The van der Waals surface area contributed by atoms with Crippen LogP contribution in [0.3, 0.4) is 0 Å². The second kappa shape index (κ2) is 4.22. The molecule has 17 heavy (non-hydrogen) atoms. The Morgan fingerprint density at radius 1 is 0.941 bits per heavy atom. The van der Waals surface area contributed by atoms with Crippen LogP contribution in [0.1, 0.15) is 0 Å². The van der Waals surface area contributed by atoms with Gasteiger partial charge in [0.15, 0.2) is 0 Å². The van der Waals surface area contributed by atoms with Crippen LogP contribution in [0.2, 0.25) is 0 Å². The maximum atomic E-state index is 12.4. The molecular formula is C8H5F5O3S. The average Bonchev–Trinajstić information content (AvgIpc) is 2.15. The lowest BCUT2D eigenvalue weighted by molar-refractivity contribution is -0.359. The molecule has 0 aliphatic heterocycles. The van der Waals surface area contributed by atoms with Crippen LogP contribution in [0.5, 0.6) is 0 Å². The topological polar surface area (TPSA) is 43.4 Å². The highest BCUT2D eigenvalue weighted by molar-refractivity contribution is 7.86. The van der Waals surface area contributed by atoms with Crippen molar-refractivity contribution < 1.29 is 34.6 Å². The zero-order chi connectivity index (χ0) is 13.3. The zero-order valence-corrected chi connectivity index (χ0v) is 8.73. The highest BCUT2D eigenvalue weighted by atomic mass is 32.2. The third kappa shape index (κ3) is 3.13. The van der Waals surface area contributed by atoms with Gasteiger partial charge in [-0.3, -0.25) is 0 Å². The van der Waals surface area contributed by atoms with Crippen LogP contribution in [0.15, 0.2) is 35.2 Å². The van der Waals surface area contributed by atoms with Crippen molar-refractivity contribution in [1.29, 1.82) is 0 Å². The fraction of sp³-hybridized carbons (Fsp3) is 0.250. The Hall–Kier alpha value is -1.22. The normalized spacial score (nSPS) is 13.7. The molecule has 0 bridgehead atoms. The number of hydrogen-bond donors (Lipinski definition) is 0. The van der Waals surface area contributed by atoms with Crippen molar-refractivity contribution in [3.05, 3.63) is 30.3 Å². The van der Waals surface area contributed by atoms with Crippen molar-refractivity contribution in [3.63, 3.8) is 0 Å². The standard InChI is InChI=1S/C8H5F5O3S/c9-7(10,11)8(12,13)16-17(14,15)6-4-2-1-3-5-6/h1-5H. The van der Waals surface area contributed by atoms with Crippen molar-refractivity contribution in [1.82, 2.24) is 0 Å². The molecule has 0 unspecified atom stereocenters. The predicted molar refractivity (Wildman–Crippen MR) is 45.7 cm³/mol. The van der Waals surface area contributed by atoms with Gasteiger partial charge in [0, 0.05) is 0 Å². The third-order valence-corrected chi connectivity index (χ3v) is 2.85. The van der Waals surface area contributed by atoms with Crippen molar-refractivity contribution in [2.45, 2.75) is 17.2 Å². The highest BCUT2D eigenvalue weighted by Gasteiger charge is 2.62. The second-order valence-corrected chi connectivity index (χ2v) is 4.41. The summed E-state index contributed by atoms with van der Waals surface area (Å²) in [5.41, 5.74) is 0. The quantitative estimate of drug-likeness (QED) is 0.629. The first-order valence-electron chi connectivity index (χ1n) is 4.01. The van der Waals surface area contributed by atoms with E-state index in [-0.39, 0.29) is 0 Å². The summed E-state index contributed by atoms with van der Waals surface area (Å²) < 4.78 is 85.1. The molecule has 0 atom stereocenters. The molecule has 1 aromatic carbocycles. The van der Waals surface area contributed by atoms with E-state index in [0.717, 1.165) is 24.3 Å². The average molecular weight is 276 g/mol. The van der Waals surface area contributed by atoms with Crippen LogP contribution >= 0.6 is 0 Å². The minimum atomic E-state index is -6.10. The summed E-state index contributed by atoms with van der Waals surface area (Å²) in [5, 5.41) is 0. The van der Waals surface area contributed by atoms with E-state index < -0.39 is 27.3 Å². The van der Waals surface area contributed by atoms with E-state index in [4.69, 9.17) is 0 Å². The molecule has 1 rings (SSSR count). The van der Waals surface area contributed by atoms with Gasteiger partial charge < -0.3 is 0 Å². The molecule has 0 spiro atoms. The lowest BCUT2D eigenvalue weighted by atomic mass is 10.4. The Kier molecular flexibility index (Phi) is 3.44. The summed E-state index contributed by atoms with van der Waals surface area (Å²) in [4.78, 5) is -0.788. The minimum Gasteiger partial charge on any atom is -0.194 e. The maximum Gasteiger partial charge on any atom is 0.484 e. The summed E-state index contributed by atoms with van der Waals surface area (Å²) in [7, 11) is -5.17. The molecule has 0 amide bonds. The fourth-order valence-electron chi connectivity index (χ4n) is 0.820. The monoisotopic (exact) mass is 276 g/mol. The molecule has 0 heterocycles. The summed E-state index contributed by atoms with van der Waals surface area (Å²) in [6.07, 6.45) is -11.9. The molecule has 0 aromatic heterocycles. The molecule has 0 fully saturated rings. The molecule has 0 radical (unpaired) electrons. The molecule has 1 aromatic rings. The first-order chi connectivity index (χ1) is 7.56. The van der Waals surface area contributed by atoms with Crippen LogP contribution in [0.25, 0.3) is 0 Å². The molecule has 0 N–H and O–H groups in total.